The van der Waals surface area contributed by atoms with E-state index in [-0.39, 0.29) is 18.1 Å². The van der Waals surface area contributed by atoms with Crippen molar-refractivity contribution in [2.24, 2.45) is 5.10 Å². The molecule has 0 fully saturated rings. The van der Waals surface area contributed by atoms with Gasteiger partial charge in [-0.3, -0.25) is 9.59 Å². The standard InChI is InChI=1S/C26H22BrFN4O3/c1-16(2)25-31-22-11-10-18(27)12-21(22)26(34)32(25)29-14-17-6-3-4-9-23(17)35-15-24(33)30-20-8-5-7-19(28)13-20/h3-14,16H,15H2,1-2H3,(H,30,33). The molecule has 4 aromatic rings. The summed E-state index contributed by atoms with van der Waals surface area (Å²) in [5.74, 6) is -0.0112. The molecule has 1 heterocycles. The Balaban J connectivity index is 1.59. The van der Waals surface area contributed by atoms with Gasteiger partial charge in [0.05, 0.1) is 17.1 Å². The summed E-state index contributed by atoms with van der Waals surface area (Å²) in [4.78, 5) is 30.1. The Morgan fingerprint density at radius 1 is 1.17 bits per heavy atom. The van der Waals surface area contributed by atoms with E-state index in [2.05, 4.69) is 31.3 Å². The fraction of sp³-hybridized carbons (Fsp3) is 0.154. The Bertz CT molecular complexity index is 1480. The molecule has 3 aromatic carbocycles. The van der Waals surface area contributed by atoms with Crippen LogP contribution in [0.1, 0.15) is 31.2 Å². The van der Waals surface area contributed by atoms with Crippen molar-refractivity contribution in [2.45, 2.75) is 19.8 Å². The highest BCUT2D eigenvalue weighted by Gasteiger charge is 2.14. The number of hydrogen-bond acceptors (Lipinski definition) is 5. The predicted molar refractivity (Wildman–Crippen MR) is 138 cm³/mol. The lowest BCUT2D eigenvalue weighted by atomic mass is 10.2. The molecule has 0 radical (unpaired) electrons. The maximum atomic E-state index is 13.3. The Morgan fingerprint density at radius 2 is 1.97 bits per heavy atom. The zero-order valence-electron chi connectivity index (χ0n) is 19.0. The fourth-order valence-corrected chi connectivity index (χ4v) is 3.76. The number of nitrogens with zero attached hydrogens (tertiary/aromatic N) is 3. The number of para-hydroxylation sites is 1. The molecule has 0 saturated heterocycles. The predicted octanol–water partition coefficient (Wildman–Crippen LogP) is 5.32. The normalized spacial score (nSPS) is 11.3. The molecule has 0 spiro atoms. The molecular weight excluding hydrogens is 515 g/mol. The van der Waals surface area contributed by atoms with Crippen LogP contribution in [0.4, 0.5) is 10.1 Å². The quantitative estimate of drug-likeness (QED) is 0.324. The minimum absolute atomic E-state index is 0.0501. The first-order chi connectivity index (χ1) is 16.8. The van der Waals surface area contributed by atoms with Gasteiger partial charge in [0.2, 0.25) is 0 Å². The van der Waals surface area contributed by atoms with Gasteiger partial charge in [-0.2, -0.15) is 9.78 Å². The number of ether oxygens (including phenoxy) is 1. The topological polar surface area (TPSA) is 85.6 Å². The Kier molecular flexibility index (Phi) is 7.36. The number of hydrogen-bond donors (Lipinski definition) is 1. The van der Waals surface area contributed by atoms with Gasteiger partial charge in [0.25, 0.3) is 11.5 Å². The molecule has 0 atom stereocenters. The van der Waals surface area contributed by atoms with E-state index in [4.69, 9.17) is 4.74 Å². The van der Waals surface area contributed by atoms with E-state index < -0.39 is 11.7 Å². The van der Waals surface area contributed by atoms with Crippen molar-refractivity contribution in [3.05, 3.63) is 98.8 Å². The van der Waals surface area contributed by atoms with Gasteiger partial charge in [-0.25, -0.2) is 9.37 Å². The van der Waals surface area contributed by atoms with E-state index in [1.165, 1.54) is 29.1 Å². The molecule has 4 rings (SSSR count). The molecule has 0 saturated carbocycles. The average molecular weight is 537 g/mol. The maximum Gasteiger partial charge on any atom is 0.282 e. The lowest BCUT2D eigenvalue weighted by molar-refractivity contribution is -0.118. The SMILES string of the molecule is CC(C)c1nc2ccc(Br)cc2c(=O)n1N=Cc1ccccc1OCC(=O)Nc1cccc(F)c1. The highest BCUT2D eigenvalue weighted by Crippen LogP contribution is 2.20. The van der Waals surface area contributed by atoms with Crippen molar-refractivity contribution in [2.75, 3.05) is 11.9 Å². The second-order valence-corrected chi connectivity index (χ2v) is 8.95. The summed E-state index contributed by atoms with van der Waals surface area (Å²) < 4.78 is 21.1. The molecule has 1 aromatic heterocycles. The van der Waals surface area contributed by atoms with Gasteiger partial charge in [-0.05, 0) is 48.5 Å². The third kappa shape index (κ3) is 5.81. The highest BCUT2D eigenvalue weighted by molar-refractivity contribution is 9.10. The fourth-order valence-electron chi connectivity index (χ4n) is 3.40. The minimum Gasteiger partial charge on any atom is -0.483 e. The van der Waals surface area contributed by atoms with Crippen molar-refractivity contribution >= 4 is 44.6 Å². The molecule has 7 nitrogen and oxygen atoms in total. The monoisotopic (exact) mass is 536 g/mol. The minimum atomic E-state index is -0.447. The van der Waals surface area contributed by atoms with Crippen molar-refractivity contribution < 1.29 is 13.9 Å². The molecule has 0 aliphatic carbocycles. The van der Waals surface area contributed by atoms with Crippen molar-refractivity contribution in [3.63, 3.8) is 0 Å². The second kappa shape index (κ2) is 10.6. The Hall–Kier alpha value is -3.85. The van der Waals surface area contributed by atoms with Gasteiger partial charge in [0.15, 0.2) is 6.61 Å². The van der Waals surface area contributed by atoms with E-state index in [9.17, 15) is 14.0 Å². The van der Waals surface area contributed by atoms with Gasteiger partial charge in [-0.15, -0.1) is 0 Å². The summed E-state index contributed by atoms with van der Waals surface area (Å²) in [5.41, 5.74) is 1.22. The number of rotatable bonds is 7. The van der Waals surface area contributed by atoms with Crippen LogP contribution < -0.4 is 15.6 Å². The molecule has 178 valence electrons. The Morgan fingerprint density at radius 3 is 2.74 bits per heavy atom. The Labute approximate surface area is 209 Å². The van der Waals surface area contributed by atoms with Crippen molar-refractivity contribution in [1.29, 1.82) is 0 Å². The summed E-state index contributed by atoms with van der Waals surface area (Å²) in [6.07, 6.45) is 1.50. The third-order valence-electron chi connectivity index (χ3n) is 5.05. The van der Waals surface area contributed by atoms with Gasteiger partial charge in [0, 0.05) is 21.6 Å². The average Bonchev–Trinajstić information content (AvgIpc) is 2.83. The van der Waals surface area contributed by atoms with Crippen LogP contribution in [0, 0.1) is 5.82 Å². The summed E-state index contributed by atoms with van der Waals surface area (Å²) in [5, 5.41) is 7.45. The van der Waals surface area contributed by atoms with E-state index in [1.54, 1.807) is 42.5 Å². The molecule has 35 heavy (non-hydrogen) atoms. The third-order valence-corrected chi connectivity index (χ3v) is 5.54. The number of benzene rings is 3. The summed E-state index contributed by atoms with van der Waals surface area (Å²) in [7, 11) is 0. The van der Waals surface area contributed by atoms with Crippen molar-refractivity contribution in [3.8, 4) is 5.75 Å². The number of halogens is 2. The van der Waals surface area contributed by atoms with E-state index in [1.807, 2.05) is 19.9 Å². The smallest absolute Gasteiger partial charge is 0.282 e. The first-order valence-electron chi connectivity index (χ1n) is 10.9. The lowest BCUT2D eigenvalue weighted by Gasteiger charge is -2.12. The lowest BCUT2D eigenvalue weighted by Crippen LogP contribution is -2.23. The summed E-state index contributed by atoms with van der Waals surface area (Å²) in [6.45, 7) is 3.59. The van der Waals surface area contributed by atoms with E-state index in [0.29, 0.717) is 33.7 Å². The number of carbonyl (C=O) groups excluding carboxylic acids is 1. The zero-order chi connectivity index (χ0) is 24.9. The molecular formula is C26H22BrFN4O3. The zero-order valence-corrected chi connectivity index (χ0v) is 20.6. The molecule has 9 heteroatoms. The molecule has 0 aliphatic rings. The van der Waals surface area contributed by atoms with Crippen LogP contribution in [-0.4, -0.2) is 28.4 Å². The number of aromatic nitrogens is 2. The van der Waals surface area contributed by atoms with Gasteiger partial charge >= 0.3 is 0 Å². The van der Waals surface area contributed by atoms with Crippen LogP contribution in [0.2, 0.25) is 0 Å². The maximum absolute atomic E-state index is 13.3. The van der Waals surface area contributed by atoms with Crippen molar-refractivity contribution in [1.82, 2.24) is 9.66 Å². The molecule has 0 aliphatic heterocycles. The van der Waals surface area contributed by atoms with Gasteiger partial charge in [0.1, 0.15) is 17.4 Å². The summed E-state index contributed by atoms with van der Waals surface area (Å²) >= 11 is 3.39. The van der Waals surface area contributed by atoms with Crippen LogP contribution >= 0.6 is 15.9 Å². The number of anilines is 1. The molecule has 1 N–H and O–H groups in total. The number of fused-ring (bicyclic) bond motifs is 1. The van der Waals surface area contributed by atoms with Crippen LogP contribution in [-0.2, 0) is 4.79 Å². The first-order valence-corrected chi connectivity index (χ1v) is 11.6. The molecule has 1 amide bonds. The first kappa shape index (κ1) is 24.3. The second-order valence-electron chi connectivity index (χ2n) is 8.03. The van der Waals surface area contributed by atoms with Gasteiger partial charge < -0.3 is 10.1 Å². The number of carbonyl (C=O) groups is 1. The van der Waals surface area contributed by atoms with Crippen LogP contribution in [0.25, 0.3) is 10.9 Å². The van der Waals surface area contributed by atoms with Crippen LogP contribution in [0.3, 0.4) is 0 Å². The molecule has 0 bridgehead atoms. The van der Waals surface area contributed by atoms with E-state index in [0.717, 1.165) is 4.47 Å². The van der Waals surface area contributed by atoms with E-state index >= 15 is 0 Å². The number of nitrogens with one attached hydrogen (secondary N) is 1. The number of amides is 1. The van der Waals surface area contributed by atoms with Crippen LogP contribution in [0.15, 0.2) is 81.1 Å². The summed E-state index contributed by atoms with van der Waals surface area (Å²) in [6, 6.07) is 18.0. The highest BCUT2D eigenvalue weighted by atomic mass is 79.9. The molecule has 0 unspecified atom stereocenters. The van der Waals surface area contributed by atoms with Crippen LogP contribution in [0.5, 0.6) is 5.75 Å². The largest absolute Gasteiger partial charge is 0.483 e. The van der Waals surface area contributed by atoms with Gasteiger partial charge in [-0.1, -0.05) is 48.0 Å².